The number of hydrogen-bond donors (Lipinski definition) is 0. The van der Waals surface area contributed by atoms with Gasteiger partial charge in [-0.15, -0.1) is 0 Å². The molecule has 0 aromatic heterocycles. The molecule has 44 heavy (non-hydrogen) atoms. The summed E-state index contributed by atoms with van der Waals surface area (Å²) in [5.74, 6) is 0. The molecule has 4 aromatic carbocycles. The zero-order valence-electron chi connectivity index (χ0n) is 27.4. The molecule has 4 aromatic rings. The summed E-state index contributed by atoms with van der Waals surface area (Å²) in [7, 11) is 0. The van der Waals surface area contributed by atoms with Gasteiger partial charge in [-0.1, -0.05) is 0 Å². The smallest absolute Gasteiger partial charge is 1.00 e. The summed E-state index contributed by atoms with van der Waals surface area (Å²) in [6.45, 7) is 18.8. The Hall–Kier alpha value is -1.96. The van der Waals surface area contributed by atoms with Crippen molar-refractivity contribution < 1.29 is 45.2 Å². The Morgan fingerprint density at radius 3 is 1.75 bits per heavy atom. The van der Waals surface area contributed by atoms with Crippen molar-refractivity contribution in [2.45, 2.75) is 76.3 Å². The fourth-order valence-electron chi connectivity index (χ4n) is 6.84. The largest absolute Gasteiger partial charge is 1.00 e. The third-order valence-corrected chi connectivity index (χ3v) is 28.3. The quantitative estimate of drug-likeness (QED) is 0.251. The van der Waals surface area contributed by atoms with Crippen LogP contribution in [-0.4, -0.2) is 5.43 Å². The number of aryl methyl sites for hydroxylation is 2. The van der Waals surface area contributed by atoms with E-state index in [4.69, 9.17) is 0 Å². The van der Waals surface area contributed by atoms with Crippen molar-refractivity contribution in [2.75, 3.05) is 0 Å². The van der Waals surface area contributed by atoms with Crippen LogP contribution >= 0.6 is 0 Å². The number of allylic oxidation sites excluding steroid dienone is 4. The van der Waals surface area contributed by atoms with Gasteiger partial charge in [-0.2, -0.15) is 0 Å². The zero-order valence-corrected chi connectivity index (χ0v) is 32.3. The molecule has 0 fully saturated rings. The van der Waals surface area contributed by atoms with Crippen molar-refractivity contribution in [3.8, 4) is 11.1 Å². The van der Waals surface area contributed by atoms with Gasteiger partial charge in [0.15, 0.2) is 0 Å². The van der Waals surface area contributed by atoms with Gasteiger partial charge < -0.3 is 24.8 Å². The SMILES string of the molecule is Cc1cccc([Si](c2cccc(C)c2)=[Zr+2]([c]2c(C(C)(C)C)ccc3c2Cc2cc(C(C)(C)C)ccc2-3)[CH]2C=CC=C2)c1.[Cl-].[Cl-]. The maximum absolute atomic E-state index is 2.55. The van der Waals surface area contributed by atoms with E-state index in [-0.39, 0.29) is 35.6 Å². The van der Waals surface area contributed by atoms with Crippen molar-refractivity contribution in [3.05, 3.63) is 137 Å². The van der Waals surface area contributed by atoms with E-state index in [0.29, 0.717) is 3.63 Å². The maximum atomic E-state index is 2.55. The van der Waals surface area contributed by atoms with E-state index in [1.165, 1.54) is 33.4 Å². The van der Waals surface area contributed by atoms with Crippen LogP contribution in [0.1, 0.15) is 74.9 Å². The summed E-state index contributed by atoms with van der Waals surface area (Å²) in [6.07, 6.45) is 10.8. The van der Waals surface area contributed by atoms with Gasteiger partial charge in [0.25, 0.3) is 0 Å². The predicted octanol–water partition coefficient (Wildman–Crippen LogP) is 2.44. The van der Waals surface area contributed by atoms with Crippen LogP contribution in [0.4, 0.5) is 0 Å². The number of halogens is 2. The molecular formula is C40H44Cl2SiZr. The molecule has 0 unspecified atom stereocenters. The Morgan fingerprint density at radius 1 is 0.659 bits per heavy atom. The molecule has 6 rings (SSSR count). The van der Waals surface area contributed by atoms with Crippen molar-refractivity contribution in [1.29, 1.82) is 0 Å². The average Bonchev–Trinajstić information content (AvgIpc) is 3.58. The second-order valence-electron chi connectivity index (χ2n) is 14.4. The Kier molecular flexibility index (Phi) is 10.6. The summed E-state index contributed by atoms with van der Waals surface area (Å²) in [5.41, 5.74) is 11.1. The second kappa shape index (κ2) is 13.4. The van der Waals surface area contributed by atoms with Gasteiger partial charge in [-0.3, -0.25) is 0 Å². The number of hydrogen-bond acceptors (Lipinski definition) is 0. The van der Waals surface area contributed by atoms with E-state index in [2.05, 4.69) is 159 Å². The standard InChI is InChI=1S/C21H25.C14H14Si.C5H5.2ClH.Zr/c1-20(2,3)16-7-9-18-14(12-16)11-15-13-17(21(4,5)6)8-10-19(15)18;1-11-5-3-7-13(9-11)15-14-8-4-6-12(2)10-14;1-2-4-5-3-1;;;/h7-10,12H,11H2,1-6H3;3-10H,1-2H3;1-5H;2*1H;/q;;;;;+2/p-2. The molecule has 0 heterocycles. The molecule has 226 valence electrons. The van der Waals surface area contributed by atoms with Gasteiger partial charge in [0.2, 0.25) is 0 Å². The van der Waals surface area contributed by atoms with Gasteiger partial charge in [0.1, 0.15) is 0 Å². The fourth-order valence-corrected chi connectivity index (χ4v) is 29.2. The summed E-state index contributed by atoms with van der Waals surface area (Å²) in [5, 5.41) is 3.19. The Bertz CT molecular complexity index is 1740. The van der Waals surface area contributed by atoms with E-state index < -0.39 is 25.8 Å². The van der Waals surface area contributed by atoms with Crippen LogP contribution in [0.15, 0.2) is 103 Å². The normalized spacial score (nSPS) is 13.4. The van der Waals surface area contributed by atoms with E-state index >= 15 is 0 Å². The van der Waals surface area contributed by atoms with Crippen molar-refractivity contribution in [3.63, 3.8) is 0 Å². The van der Waals surface area contributed by atoms with Crippen LogP contribution in [0, 0.1) is 13.8 Å². The van der Waals surface area contributed by atoms with E-state index in [1.807, 2.05) is 0 Å². The van der Waals surface area contributed by atoms with Crippen LogP contribution in [0.3, 0.4) is 0 Å². The molecule has 0 saturated heterocycles. The molecule has 0 aliphatic heterocycles. The van der Waals surface area contributed by atoms with Crippen LogP contribution in [-0.2, 0) is 37.6 Å². The van der Waals surface area contributed by atoms with Gasteiger partial charge in [0, 0.05) is 0 Å². The Balaban J connectivity index is 0.00000221. The molecule has 2 aliphatic carbocycles. The van der Waals surface area contributed by atoms with Crippen LogP contribution in [0.2, 0.25) is 3.63 Å². The molecule has 0 radical (unpaired) electrons. The minimum absolute atomic E-state index is 0. The van der Waals surface area contributed by atoms with Crippen LogP contribution < -0.4 is 38.5 Å². The zero-order chi connectivity index (χ0) is 29.8. The fraction of sp³-hybridized carbons (Fsp3) is 0.300. The first kappa shape index (κ1) is 34.9. The summed E-state index contributed by atoms with van der Waals surface area (Å²) in [4.78, 5) is 0. The average molecular weight is 715 g/mol. The molecule has 0 atom stereocenters. The molecule has 0 bridgehead atoms. The minimum Gasteiger partial charge on any atom is -1.00 e. The van der Waals surface area contributed by atoms with Gasteiger partial charge >= 0.3 is 263 Å². The first-order valence-electron chi connectivity index (χ1n) is 15.5. The number of benzene rings is 4. The Labute approximate surface area is 286 Å². The molecule has 0 spiro atoms. The molecule has 0 N–H and O–H groups in total. The summed E-state index contributed by atoms with van der Waals surface area (Å²) in [6, 6.07) is 31.4. The number of rotatable bonds is 4. The van der Waals surface area contributed by atoms with E-state index in [9.17, 15) is 0 Å². The third kappa shape index (κ3) is 6.76. The summed E-state index contributed by atoms with van der Waals surface area (Å²) >= 11 is -2.54. The summed E-state index contributed by atoms with van der Waals surface area (Å²) < 4.78 is 2.36. The van der Waals surface area contributed by atoms with Gasteiger partial charge in [0.05, 0.1) is 0 Å². The molecule has 0 nitrogen and oxygen atoms in total. The minimum atomic E-state index is -2.54. The topological polar surface area (TPSA) is 0 Å². The number of fused-ring (bicyclic) bond motifs is 3. The van der Waals surface area contributed by atoms with E-state index in [0.717, 1.165) is 6.42 Å². The molecule has 0 saturated carbocycles. The van der Waals surface area contributed by atoms with Crippen molar-refractivity contribution in [2.24, 2.45) is 0 Å². The first-order chi connectivity index (χ1) is 19.9. The van der Waals surface area contributed by atoms with Gasteiger partial charge in [-0.25, -0.2) is 0 Å². The second-order valence-corrected chi connectivity index (χ2v) is 28.1. The van der Waals surface area contributed by atoms with Crippen molar-refractivity contribution >= 4 is 19.1 Å². The predicted molar refractivity (Wildman–Crippen MR) is 181 cm³/mol. The van der Waals surface area contributed by atoms with Gasteiger partial charge in [-0.05, 0) is 0 Å². The molecule has 0 amide bonds. The van der Waals surface area contributed by atoms with Crippen molar-refractivity contribution in [1.82, 2.24) is 0 Å². The Morgan fingerprint density at radius 2 is 1.23 bits per heavy atom. The molecular weight excluding hydrogens is 671 g/mol. The molecule has 2 aliphatic rings. The van der Waals surface area contributed by atoms with Crippen LogP contribution in [0.5, 0.6) is 0 Å². The maximum Gasteiger partial charge on any atom is -1.00 e. The third-order valence-electron chi connectivity index (χ3n) is 8.98. The molecule has 4 heteroatoms. The van der Waals surface area contributed by atoms with E-state index in [1.54, 1.807) is 24.8 Å². The van der Waals surface area contributed by atoms with Crippen LogP contribution in [0.25, 0.3) is 11.1 Å². The monoisotopic (exact) mass is 712 g/mol. The first-order valence-corrected chi connectivity index (χ1v) is 23.3.